The first-order valence-electron chi connectivity index (χ1n) is 9.24. The molecule has 0 aromatic carbocycles. The van der Waals surface area contributed by atoms with Gasteiger partial charge < -0.3 is 14.5 Å². The number of rotatable bonds is 5. The summed E-state index contributed by atoms with van der Waals surface area (Å²) in [6.45, 7) is 5.96. The van der Waals surface area contributed by atoms with Crippen LogP contribution in [0.25, 0.3) is 6.08 Å². The number of fused-ring (bicyclic) bond motifs is 1. The minimum Gasteiger partial charge on any atom is -0.462 e. The van der Waals surface area contributed by atoms with E-state index in [-0.39, 0.29) is 12.2 Å². The summed E-state index contributed by atoms with van der Waals surface area (Å²) in [6.07, 6.45) is 4.03. The van der Waals surface area contributed by atoms with E-state index < -0.39 is 11.9 Å². The van der Waals surface area contributed by atoms with Crippen molar-refractivity contribution < 1.29 is 18.7 Å². The van der Waals surface area contributed by atoms with Gasteiger partial charge in [-0.25, -0.2) is 4.79 Å². The molecule has 0 saturated heterocycles. The third-order valence-electron chi connectivity index (χ3n) is 4.63. The fraction of sp³-hybridized carbons (Fsp3) is 0.381. The Morgan fingerprint density at radius 2 is 2.25 bits per heavy atom. The Morgan fingerprint density at radius 1 is 1.46 bits per heavy atom. The maximum absolute atomic E-state index is 12.7. The van der Waals surface area contributed by atoms with Crippen molar-refractivity contribution in [1.29, 1.82) is 5.26 Å². The first kappa shape index (κ1) is 19.9. The fourth-order valence-electron chi connectivity index (χ4n) is 3.25. The molecule has 1 N–H and O–H groups in total. The van der Waals surface area contributed by atoms with Gasteiger partial charge in [-0.3, -0.25) is 4.79 Å². The van der Waals surface area contributed by atoms with Gasteiger partial charge in [-0.1, -0.05) is 6.92 Å². The lowest BCUT2D eigenvalue weighted by atomic mass is 9.88. The van der Waals surface area contributed by atoms with Crippen molar-refractivity contribution >= 4 is 34.3 Å². The fourth-order valence-corrected chi connectivity index (χ4v) is 4.64. The Hall–Kier alpha value is -2.85. The topological polar surface area (TPSA) is 92.3 Å². The molecular formula is C21H22N2O4S. The van der Waals surface area contributed by atoms with Crippen LogP contribution in [0.5, 0.6) is 0 Å². The summed E-state index contributed by atoms with van der Waals surface area (Å²) in [4.78, 5) is 26.3. The van der Waals surface area contributed by atoms with Crippen LogP contribution in [0.1, 0.15) is 52.6 Å². The monoisotopic (exact) mass is 398 g/mol. The van der Waals surface area contributed by atoms with E-state index in [9.17, 15) is 14.9 Å². The number of aryl methyl sites for hydroxylation is 1. The molecule has 0 aliphatic heterocycles. The predicted molar refractivity (Wildman–Crippen MR) is 107 cm³/mol. The van der Waals surface area contributed by atoms with E-state index in [4.69, 9.17) is 9.15 Å². The largest absolute Gasteiger partial charge is 0.462 e. The minimum atomic E-state index is -0.575. The number of thiophene rings is 1. The summed E-state index contributed by atoms with van der Waals surface area (Å²) in [7, 11) is 0. The standard InChI is InChI=1S/C21H22N2O4S/c1-4-26-21(25)18-16-8-5-12(2)9-17(16)28-20(18)23-19(24)14(11-22)10-15-7-6-13(3)27-15/h6-7,10,12H,4-5,8-9H2,1-3H3,(H,23,24). The second kappa shape index (κ2) is 8.44. The third kappa shape index (κ3) is 4.18. The number of nitrogens with one attached hydrogen (secondary N) is 1. The molecule has 1 atom stereocenters. The summed E-state index contributed by atoms with van der Waals surface area (Å²) in [5.41, 5.74) is 1.29. The average molecular weight is 398 g/mol. The van der Waals surface area contributed by atoms with Gasteiger partial charge in [0.2, 0.25) is 0 Å². The Labute approximate surface area is 167 Å². The molecular weight excluding hydrogens is 376 g/mol. The predicted octanol–water partition coefficient (Wildman–Crippen LogP) is 4.50. The van der Waals surface area contributed by atoms with Gasteiger partial charge in [0, 0.05) is 11.0 Å². The van der Waals surface area contributed by atoms with E-state index in [1.165, 1.54) is 17.4 Å². The van der Waals surface area contributed by atoms with Crippen LogP contribution in [0, 0.1) is 24.2 Å². The van der Waals surface area contributed by atoms with E-state index in [0.29, 0.717) is 28.0 Å². The lowest BCUT2D eigenvalue weighted by molar-refractivity contribution is -0.112. The van der Waals surface area contributed by atoms with Gasteiger partial charge in [0.05, 0.1) is 12.2 Å². The van der Waals surface area contributed by atoms with Gasteiger partial charge in [0.25, 0.3) is 5.91 Å². The minimum absolute atomic E-state index is 0.0936. The van der Waals surface area contributed by atoms with Crippen molar-refractivity contribution in [3.8, 4) is 6.07 Å². The molecule has 2 aromatic heterocycles. The first-order chi connectivity index (χ1) is 13.4. The molecule has 2 aromatic rings. The van der Waals surface area contributed by atoms with Crippen LogP contribution in [0.2, 0.25) is 0 Å². The van der Waals surface area contributed by atoms with Gasteiger partial charge in [-0.15, -0.1) is 11.3 Å². The number of ether oxygens (including phenoxy) is 1. The highest BCUT2D eigenvalue weighted by atomic mass is 32.1. The molecule has 2 heterocycles. The second-order valence-corrected chi connectivity index (χ2v) is 7.95. The molecule has 1 unspecified atom stereocenters. The van der Waals surface area contributed by atoms with E-state index in [1.807, 2.05) is 6.07 Å². The lowest BCUT2D eigenvalue weighted by Gasteiger charge is -2.18. The summed E-state index contributed by atoms with van der Waals surface area (Å²) in [5.74, 6) is 0.631. The van der Waals surface area contributed by atoms with Crippen LogP contribution in [-0.2, 0) is 22.4 Å². The van der Waals surface area contributed by atoms with Crippen LogP contribution in [0.3, 0.4) is 0 Å². The lowest BCUT2D eigenvalue weighted by Crippen LogP contribution is -2.17. The number of carbonyl (C=O) groups excluding carboxylic acids is 2. The number of carbonyl (C=O) groups is 2. The quantitative estimate of drug-likeness (QED) is 0.455. The zero-order valence-electron chi connectivity index (χ0n) is 16.1. The molecule has 0 fully saturated rings. The first-order valence-corrected chi connectivity index (χ1v) is 10.1. The normalized spacial score (nSPS) is 16.2. The Kier molecular flexibility index (Phi) is 6.00. The number of amides is 1. The summed E-state index contributed by atoms with van der Waals surface area (Å²) < 4.78 is 10.6. The van der Waals surface area contributed by atoms with Gasteiger partial charge >= 0.3 is 5.97 Å². The van der Waals surface area contributed by atoms with Crippen LogP contribution in [0.15, 0.2) is 22.1 Å². The smallest absolute Gasteiger partial charge is 0.341 e. The van der Waals surface area contributed by atoms with Crippen molar-refractivity contribution in [2.24, 2.45) is 5.92 Å². The molecule has 146 valence electrons. The summed E-state index contributed by atoms with van der Waals surface area (Å²) >= 11 is 1.39. The van der Waals surface area contributed by atoms with E-state index in [2.05, 4.69) is 12.2 Å². The molecule has 1 aliphatic carbocycles. The van der Waals surface area contributed by atoms with Gasteiger partial charge in [0.15, 0.2) is 0 Å². The van der Waals surface area contributed by atoms with E-state index in [1.54, 1.807) is 26.0 Å². The Balaban J connectivity index is 1.92. The molecule has 0 bridgehead atoms. The Bertz CT molecular complexity index is 977. The average Bonchev–Trinajstić information content (AvgIpc) is 3.21. The van der Waals surface area contributed by atoms with Crippen LogP contribution < -0.4 is 5.32 Å². The highest BCUT2D eigenvalue weighted by molar-refractivity contribution is 7.17. The third-order valence-corrected chi connectivity index (χ3v) is 5.80. The number of esters is 1. The van der Waals surface area contributed by atoms with Crippen molar-refractivity contribution in [3.05, 3.63) is 45.2 Å². The molecule has 6 nitrogen and oxygen atoms in total. The van der Waals surface area contributed by atoms with Crippen molar-refractivity contribution in [2.75, 3.05) is 11.9 Å². The molecule has 0 saturated carbocycles. The van der Waals surface area contributed by atoms with E-state index in [0.717, 1.165) is 29.7 Å². The summed E-state index contributed by atoms with van der Waals surface area (Å²) in [6, 6.07) is 5.35. The number of nitrogens with zero attached hydrogens (tertiary/aromatic N) is 1. The molecule has 1 amide bonds. The maximum atomic E-state index is 12.7. The van der Waals surface area contributed by atoms with Crippen molar-refractivity contribution in [3.63, 3.8) is 0 Å². The molecule has 28 heavy (non-hydrogen) atoms. The SMILES string of the molecule is CCOC(=O)c1c(NC(=O)C(C#N)=Cc2ccc(C)o2)sc2c1CCC(C)C2. The Morgan fingerprint density at radius 3 is 2.89 bits per heavy atom. The molecule has 3 rings (SSSR count). The number of hydrogen-bond donors (Lipinski definition) is 1. The van der Waals surface area contributed by atoms with Gasteiger partial charge in [0.1, 0.15) is 28.2 Å². The van der Waals surface area contributed by atoms with Crippen molar-refractivity contribution in [2.45, 2.75) is 40.0 Å². The van der Waals surface area contributed by atoms with Crippen LogP contribution in [-0.4, -0.2) is 18.5 Å². The zero-order chi connectivity index (χ0) is 20.3. The summed E-state index contributed by atoms with van der Waals surface area (Å²) in [5, 5.41) is 12.6. The van der Waals surface area contributed by atoms with Crippen molar-refractivity contribution in [1.82, 2.24) is 0 Å². The van der Waals surface area contributed by atoms with Gasteiger partial charge in [-0.05, 0) is 56.7 Å². The molecule has 1 aliphatic rings. The number of anilines is 1. The van der Waals surface area contributed by atoms with Crippen LogP contribution in [0.4, 0.5) is 5.00 Å². The number of hydrogen-bond acceptors (Lipinski definition) is 6. The molecule has 0 radical (unpaired) electrons. The zero-order valence-corrected chi connectivity index (χ0v) is 16.9. The van der Waals surface area contributed by atoms with E-state index >= 15 is 0 Å². The van der Waals surface area contributed by atoms with Gasteiger partial charge in [-0.2, -0.15) is 5.26 Å². The number of nitriles is 1. The van der Waals surface area contributed by atoms with Crippen LogP contribution >= 0.6 is 11.3 Å². The molecule has 0 spiro atoms. The highest BCUT2D eigenvalue weighted by Crippen LogP contribution is 2.40. The molecule has 7 heteroatoms. The maximum Gasteiger partial charge on any atom is 0.341 e. The number of furan rings is 1. The second-order valence-electron chi connectivity index (χ2n) is 6.85. The highest BCUT2D eigenvalue weighted by Gasteiger charge is 2.29.